The van der Waals surface area contributed by atoms with E-state index in [9.17, 15) is 9.59 Å². The van der Waals surface area contributed by atoms with Crippen LogP contribution in [0, 0.1) is 5.92 Å². The summed E-state index contributed by atoms with van der Waals surface area (Å²) in [5.41, 5.74) is 0. The topological polar surface area (TPSA) is 52.6 Å². The van der Waals surface area contributed by atoms with Gasteiger partial charge in [0.25, 0.3) is 0 Å². The van der Waals surface area contributed by atoms with E-state index in [0.29, 0.717) is 4.99 Å². The first-order valence-corrected chi connectivity index (χ1v) is 8.31. The third kappa shape index (κ3) is 4.67. The van der Waals surface area contributed by atoms with Crippen molar-refractivity contribution in [2.24, 2.45) is 5.92 Å². The molecule has 7 heteroatoms. The third-order valence-corrected chi connectivity index (χ3v) is 5.99. The number of esters is 2. The lowest BCUT2D eigenvalue weighted by molar-refractivity contribution is -0.751. The summed E-state index contributed by atoms with van der Waals surface area (Å²) in [6.07, 6.45) is 1.57. The minimum atomic E-state index is -0.840. The van der Waals surface area contributed by atoms with Crippen LogP contribution in [0.15, 0.2) is 0 Å². The molecule has 0 spiro atoms. The summed E-state index contributed by atoms with van der Waals surface area (Å²) >= 11 is 10.4. The Morgan fingerprint density at radius 1 is 1.09 bits per heavy atom. The Hall–Kier alpha value is -0.660. The molecule has 5 nitrogen and oxygen atoms in total. The SMILES string of the molecule is CCC(C)[N+](S)(C(=S)C(CC(=O)OC)C(=O)OC)C(C)CC. The van der Waals surface area contributed by atoms with Crippen molar-refractivity contribution in [3.05, 3.63) is 0 Å². The fraction of sp³-hybridized carbons (Fsp3) is 0.800. The highest BCUT2D eigenvalue weighted by molar-refractivity contribution is 7.82. The number of hydrogen-bond acceptors (Lipinski definition) is 6. The van der Waals surface area contributed by atoms with Crippen LogP contribution in [-0.2, 0) is 19.1 Å². The van der Waals surface area contributed by atoms with Gasteiger partial charge in [0.15, 0.2) is 5.92 Å². The zero-order chi connectivity index (χ0) is 17.5. The van der Waals surface area contributed by atoms with Gasteiger partial charge in [0, 0.05) is 0 Å². The molecule has 0 saturated carbocycles. The minimum absolute atomic E-state index is 0.107. The van der Waals surface area contributed by atoms with E-state index in [-0.39, 0.29) is 22.4 Å². The molecule has 22 heavy (non-hydrogen) atoms. The summed E-state index contributed by atoms with van der Waals surface area (Å²) in [7, 11) is 2.57. The Bertz CT molecular complexity index is 404. The number of methoxy groups -OCH3 is 2. The van der Waals surface area contributed by atoms with Crippen molar-refractivity contribution in [3.63, 3.8) is 0 Å². The van der Waals surface area contributed by atoms with E-state index in [0.717, 1.165) is 12.8 Å². The van der Waals surface area contributed by atoms with Gasteiger partial charge in [-0.15, -0.1) is 0 Å². The minimum Gasteiger partial charge on any atom is -0.469 e. The van der Waals surface area contributed by atoms with Crippen LogP contribution < -0.4 is 0 Å². The molecule has 0 aliphatic rings. The second-order valence-electron chi connectivity index (χ2n) is 5.45. The Morgan fingerprint density at radius 2 is 1.55 bits per heavy atom. The Balaban J connectivity index is 5.71. The molecule has 3 atom stereocenters. The van der Waals surface area contributed by atoms with Crippen molar-refractivity contribution in [2.75, 3.05) is 14.2 Å². The summed E-state index contributed by atoms with van der Waals surface area (Å²) in [5.74, 6) is -1.86. The first-order chi connectivity index (χ1) is 10.2. The maximum absolute atomic E-state index is 12.1. The number of carbonyl (C=O) groups excluding carboxylic acids is 2. The molecule has 0 amide bonds. The van der Waals surface area contributed by atoms with Gasteiger partial charge in [0.05, 0.1) is 33.5 Å². The van der Waals surface area contributed by atoms with Crippen molar-refractivity contribution in [1.29, 1.82) is 0 Å². The maximum Gasteiger partial charge on any atom is 0.320 e. The molecule has 0 aromatic carbocycles. The van der Waals surface area contributed by atoms with E-state index >= 15 is 0 Å². The first kappa shape index (κ1) is 21.3. The van der Waals surface area contributed by atoms with Crippen LogP contribution in [0.5, 0.6) is 0 Å². The third-order valence-electron chi connectivity index (χ3n) is 4.26. The Morgan fingerprint density at radius 3 is 1.86 bits per heavy atom. The van der Waals surface area contributed by atoms with Crippen LogP contribution in [-0.4, -0.2) is 47.1 Å². The molecule has 0 saturated heterocycles. The summed E-state index contributed by atoms with van der Waals surface area (Å²) in [5, 5.41) is 0. The fourth-order valence-corrected chi connectivity index (χ4v) is 3.34. The molecule has 0 bridgehead atoms. The van der Waals surface area contributed by atoms with Gasteiger partial charge in [-0.1, -0.05) is 13.8 Å². The van der Waals surface area contributed by atoms with E-state index < -0.39 is 17.9 Å². The van der Waals surface area contributed by atoms with E-state index in [1.54, 1.807) is 0 Å². The summed E-state index contributed by atoms with van der Waals surface area (Å²) in [6.45, 7) is 8.18. The molecule has 0 aromatic heterocycles. The highest BCUT2D eigenvalue weighted by atomic mass is 32.1. The molecule has 128 valence electrons. The van der Waals surface area contributed by atoms with E-state index in [4.69, 9.17) is 29.8 Å². The second kappa shape index (κ2) is 9.47. The number of thiocarbonyl (C=S) groups is 1. The van der Waals surface area contributed by atoms with Gasteiger partial charge in [-0.3, -0.25) is 9.59 Å². The van der Waals surface area contributed by atoms with Crippen molar-refractivity contribution >= 4 is 42.0 Å². The molecule has 0 aromatic rings. The zero-order valence-corrected chi connectivity index (χ0v) is 16.0. The average molecular weight is 351 g/mol. The Labute approximate surface area is 144 Å². The number of thiol groups is 1. The number of ether oxygens (including phenoxy) is 2. The van der Waals surface area contributed by atoms with Gasteiger partial charge >= 0.3 is 11.9 Å². The molecule has 0 rings (SSSR count). The van der Waals surface area contributed by atoms with Crippen molar-refractivity contribution in [2.45, 2.75) is 59.0 Å². The van der Waals surface area contributed by atoms with E-state index in [1.165, 1.54) is 14.2 Å². The van der Waals surface area contributed by atoms with Gasteiger partial charge in [0.2, 0.25) is 4.99 Å². The van der Waals surface area contributed by atoms with E-state index in [1.807, 2.05) is 27.7 Å². The number of nitrogens with zero attached hydrogens (tertiary/aromatic N) is 1. The number of carbonyl (C=O) groups is 2. The molecular formula is C15H28NO4S2+. The Kier molecular flexibility index (Phi) is 9.19. The highest BCUT2D eigenvalue weighted by Gasteiger charge is 2.46. The molecule has 0 heterocycles. The number of hydrogen-bond donors (Lipinski definition) is 1. The van der Waals surface area contributed by atoms with Crippen LogP contribution >= 0.6 is 25.0 Å². The van der Waals surface area contributed by atoms with Crippen molar-refractivity contribution in [1.82, 2.24) is 0 Å². The molecular weight excluding hydrogens is 322 g/mol. The molecule has 0 fully saturated rings. The molecule has 3 unspecified atom stereocenters. The molecule has 0 N–H and O–H groups in total. The quantitative estimate of drug-likeness (QED) is 0.316. The van der Waals surface area contributed by atoms with Crippen LogP contribution in [0.3, 0.4) is 0 Å². The summed E-state index contributed by atoms with van der Waals surface area (Å²) < 4.78 is 9.66. The largest absolute Gasteiger partial charge is 0.469 e. The lowest BCUT2D eigenvalue weighted by Gasteiger charge is -2.43. The normalized spacial score (nSPS) is 17.8. The van der Waals surface area contributed by atoms with Gasteiger partial charge in [0.1, 0.15) is 12.1 Å². The van der Waals surface area contributed by atoms with Crippen LogP contribution in [0.25, 0.3) is 0 Å². The molecule has 0 radical (unpaired) electrons. The standard InChI is InChI=1S/C15H28NO4S2/c1-7-10(3)16(22,11(4)8-2)14(21)12(15(18)20-6)9-13(17)19-5/h10-12,22H,7-9H2,1-6H3/q+1. The van der Waals surface area contributed by atoms with Crippen molar-refractivity contribution < 1.29 is 23.0 Å². The number of quaternary nitrogens is 1. The van der Waals surface area contributed by atoms with Crippen LogP contribution in [0.1, 0.15) is 47.0 Å². The van der Waals surface area contributed by atoms with Gasteiger partial charge in [-0.25, -0.2) is 3.89 Å². The summed E-state index contributed by atoms with van der Waals surface area (Å²) in [4.78, 5) is 24.1. The lowest BCUT2D eigenvalue weighted by Crippen LogP contribution is -2.58. The molecule has 0 aliphatic carbocycles. The molecule has 0 aliphatic heterocycles. The highest BCUT2D eigenvalue weighted by Crippen LogP contribution is 2.32. The predicted molar refractivity (Wildman–Crippen MR) is 93.5 cm³/mol. The first-order valence-electron chi connectivity index (χ1n) is 7.50. The van der Waals surface area contributed by atoms with Crippen molar-refractivity contribution in [3.8, 4) is 0 Å². The average Bonchev–Trinajstić information content (AvgIpc) is 2.55. The van der Waals surface area contributed by atoms with Gasteiger partial charge < -0.3 is 9.47 Å². The predicted octanol–water partition coefficient (Wildman–Crippen LogP) is 2.92. The van der Waals surface area contributed by atoms with E-state index in [2.05, 4.69) is 4.74 Å². The fourth-order valence-electron chi connectivity index (χ4n) is 2.34. The maximum atomic E-state index is 12.1. The van der Waals surface area contributed by atoms with Gasteiger partial charge in [-0.05, 0) is 38.9 Å². The van der Waals surface area contributed by atoms with Crippen LogP contribution in [0.2, 0.25) is 0 Å². The number of rotatable bonds is 8. The summed E-state index contributed by atoms with van der Waals surface area (Å²) in [6, 6.07) is 0.214. The second-order valence-corrected chi connectivity index (χ2v) is 6.53. The smallest absolute Gasteiger partial charge is 0.320 e. The monoisotopic (exact) mass is 350 g/mol. The van der Waals surface area contributed by atoms with Gasteiger partial charge in [-0.2, -0.15) is 0 Å². The van der Waals surface area contributed by atoms with Crippen LogP contribution in [0.4, 0.5) is 0 Å². The zero-order valence-electron chi connectivity index (χ0n) is 14.3. The lowest BCUT2D eigenvalue weighted by atomic mass is 10.0.